The van der Waals surface area contributed by atoms with Crippen LogP contribution in [0.4, 0.5) is 5.69 Å². The summed E-state index contributed by atoms with van der Waals surface area (Å²) in [6.07, 6.45) is 0.806. The number of amides is 2. The molecule has 6 nitrogen and oxygen atoms in total. The molecule has 1 heterocycles. The van der Waals surface area contributed by atoms with Crippen molar-refractivity contribution >= 4 is 34.8 Å². The van der Waals surface area contributed by atoms with Crippen LogP contribution >= 0.6 is 12.2 Å². The first-order chi connectivity index (χ1) is 14.5. The van der Waals surface area contributed by atoms with E-state index in [0.29, 0.717) is 30.5 Å². The summed E-state index contributed by atoms with van der Waals surface area (Å²) in [5.74, 6) is 0.415. The lowest BCUT2D eigenvalue weighted by atomic mass is 10.1. The van der Waals surface area contributed by atoms with E-state index in [9.17, 15) is 9.59 Å². The minimum atomic E-state index is -0.580. The summed E-state index contributed by atoms with van der Waals surface area (Å²) in [6, 6.07) is 16.7. The number of benzene rings is 2. The molecule has 0 spiro atoms. The van der Waals surface area contributed by atoms with Gasteiger partial charge in [-0.15, -0.1) is 0 Å². The van der Waals surface area contributed by atoms with E-state index >= 15 is 0 Å². The summed E-state index contributed by atoms with van der Waals surface area (Å²) in [5.41, 5.74) is 1.83. The molecule has 7 heteroatoms. The highest BCUT2D eigenvalue weighted by Crippen LogP contribution is 2.22. The lowest BCUT2D eigenvalue weighted by molar-refractivity contribution is -0.130. The van der Waals surface area contributed by atoms with E-state index in [1.165, 1.54) is 5.56 Å². The van der Waals surface area contributed by atoms with Gasteiger partial charge in [0.2, 0.25) is 5.91 Å². The van der Waals surface area contributed by atoms with Gasteiger partial charge in [0, 0.05) is 18.8 Å². The van der Waals surface area contributed by atoms with Crippen LogP contribution in [-0.2, 0) is 16.0 Å². The van der Waals surface area contributed by atoms with Crippen LogP contribution in [0.2, 0.25) is 0 Å². The highest BCUT2D eigenvalue weighted by molar-refractivity contribution is 7.80. The number of ether oxygens (including phenoxy) is 1. The molecule has 1 N–H and O–H groups in total. The highest BCUT2D eigenvalue weighted by Gasteiger charge is 2.42. The van der Waals surface area contributed by atoms with Gasteiger partial charge in [-0.25, -0.2) is 0 Å². The van der Waals surface area contributed by atoms with Gasteiger partial charge in [0.15, 0.2) is 5.11 Å². The van der Waals surface area contributed by atoms with Gasteiger partial charge in [0.1, 0.15) is 11.8 Å². The quantitative estimate of drug-likeness (QED) is 0.624. The van der Waals surface area contributed by atoms with Crippen molar-refractivity contribution in [3.05, 3.63) is 60.2 Å². The lowest BCUT2D eigenvalue weighted by Crippen LogP contribution is -2.39. The van der Waals surface area contributed by atoms with Gasteiger partial charge in [-0.2, -0.15) is 0 Å². The second kappa shape index (κ2) is 10.2. The Morgan fingerprint density at radius 2 is 1.80 bits per heavy atom. The largest absolute Gasteiger partial charge is 0.494 e. The molecule has 0 saturated carbocycles. The smallest absolute Gasteiger partial charge is 0.252 e. The van der Waals surface area contributed by atoms with Crippen molar-refractivity contribution in [1.82, 2.24) is 9.80 Å². The van der Waals surface area contributed by atoms with E-state index in [0.717, 1.165) is 12.2 Å². The molecule has 2 amide bonds. The summed E-state index contributed by atoms with van der Waals surface area (Å²) in [6.45, 7) is 5.48. The molecule has 1 saturated heterocycles. The van der Waals surface area contributed by atoms with E-state index in [1.54, 1.807) is 29.2 Å². The number of nitrogens with zero attached hydrogens (tertiary/aromatic N) is 2. The molecule has 0 unspecified atom stereocenters. The summed E-state index contributed by atoms with van der Waals surface area (Å²) in [4.78, 5) is 29.0. The number of carbonyl (C=O) groups is 2. The first-order valence-corrected chi connectivity index (χ1v) is 10.6. The van der Waals surface area contributed by atoms with Crippen LogP contribution in [0.25, 0.3) is 0 Å². The Labute approximate surface area is 182 Å². The van der Waals surface area contributed by atoms with Gasteiger partial charge in [-0.1, -0.05) is 30.3 Å². The Morgan fingerprint density at radius 1 is 1.10 bits per heavy atom. The van der Waals surface area contributed by atoms with Crippen molar-refractivity contribution in [2.45, 2.75) is 32.7 Å². The zero-order chi connectivity index (χ0) is 21.5. The second-order valence-electron chi connectivity index (χ2n) is 7.02. The Bertz CT molecular complexity index is 886. The molecule has 1 fully saturated rings. The van der Waals surface area contributed by atoms with Crippen LogP contribution in [0.3, 0.4) is 0 Å². The standard InChI is InChI=1S/C23H27N3O3S/c1-3-25-22(28)20(26(23(25)30)15-14-17-8-6-5-7-9-17)16-21(27)24-18-10-12-19(13-11-18)29-4-2/h5-13,20H,3-4,14-16H2,1-2H3,(H,24,27)/t20-/m1/s1. The van der Waals surface area contributed by atoms with Crippen molar-refractivity contribution in [3.63, 3.8) is 0 Å². The van der Waals surface area contributed by atoms with Crippen molar-refractivity contribution in [2.24, 2.45) is 0 Å². The van der Waals surface area contributed by atoms with Crippen molar-refractivity contribution < 1.29 is 14.3 Å². The SMILES string of the molecule is CCOc1ccc(NC(=O)C[C@@H]2C(=O)N(CC)C(=S)N2CCc2ccccc2)cc1. The Kier molecular flexibility index (Phi) is 7.41. The van der Waals surface area contributed by atoms with Crippen LogP contribution in [-0.4, -0.2) is 52.5 Å². The molecular weight excluding hydrogens is 398 g/mol. The van der Waals surface area contributed by atoms with E-state index < -0.39 is 6.04 Å². The average molecular weight is 426 g/mol. The van der Waals surface area contributed by atoms with Crippen LogP contribution < -0.4 is 10.1 Å². The normalized spacial score (nSPS) is 16.1. The van der Waals surface area contributed by atoms with Gasteiger partial charge in [0.05, 0.1) is 13.0 Å². The predicted octanol–water partition coefficient (Wildman–Crippen LogP) is 3.47. The molecular formula is C23H27N3O3S. The number of anilines is 1. The second-order valence-corrected chi connectivity index (χ2v) is 7.38. The number of rotatable bonds is 9. The molecule has 0 aromatic heterocycles. The third kappa shape index (κ3) is 5.16. The number of hydrogen-bond acceptors (Lipinski definition) is 4. The summed E-state index contributed by atoms with van der Waals surface area (Å²) in [7, 11) is 0. The van der Waals surface area contributed by atoms with E-state index in [4.69, 9.17) is 17.0 Å². The molecule has 30 heavy (non-hydrogen) atoms. The number of nitrogens with one attached hydrogen (secondary N) is 1. The molecule has 2 aromatic carbocycles. The molecule has 0 radical (unpaired) electrons. The van der Waals surface area contributed by atoms with E-state index in [2.05, 4.69) is 5.32 Å². The predicted molar refractivity (Wildman–Crippen MR) is 121 cm³/mol. The Hall–Kier alpha value is -2.93. The summed E-state index contributed by atoms with van der Waals surface area (Å²) in [5, 5.41) is 3.36. The molecule has 1 aliphatic rings. The Balaban J connectivity index is 1.66. The molecule has 2 aromatic rings. The molecule has 1 atom stereocenters. The Morgan fingerprint density at radius 3 is 2.43 bits per heavy atom. The third-order valence-electron chi connectivity index (χ3n) is 5.03. The van der Waals surface area contributed by atoms with E-state index in [-0.39, 0.29) is 18.2 Å². The fourth-order valence-electron chi connectivity index (χ4n) is 3.52. The summed E-state index contributed by atoms with van der Waals surface area (Å²) >= 11 is 5.54. The van der Waals surface area contributed by atoms with Gasteiger partial charge in [0.25, 0.3) is 5.91 Å². The van der Waals surface area contributed by atoms with Gasteiger partial charge in [-0.3, -0.25) is 14.5 Å². The third-order valence-corrected chi connectivity index (χ3v) is 5.49. The number of carbonyl (C=O) groups excluding carboxylic acids is 2. The maximum Gasteiger partial charge on any atom is 0.252 e. The molecule has 158 valence electrons. The van der Waals surface area contributed by atoms with Gasteiger partial charge in [-0.05, 0) is 62.3 Å². The van der Waals surface area contributed by atoms with Crippen molar-refractivity contribution in [2.75, 3.05) is 25.0 Å². The molecule has 0 bridgehead atoms. The van der Waals surface area contributed by atoms with Crippen LogP contribution in [0.15, 0.2) is 54.6 Å². The first kappa shape index (κ1) is 21.8. The monoisotopic (exact) mass is 425 g/mol. The maximum absolute atomic E-state index is 12.9. The van der Waals surface area contributed by atoms with Crippen molar-refractivity contribution in [3.8, 4) is 5.75 Å². The van der Waals surface area contributed by atoms with Crippen LogP contribution in [0.1, 0.15) is 25.8 Å². The van der Waals surface area contributed by atoms with E-state index in [1.807, 2.05) is 49.1 Å². The molecule has 1 aliphatic heterocycles. The molecule has 3 rings (SSSR count). The van der Waals surface area contributed by atoms with Crippen molar-refractivity contribution in [1.29, 1.82) is 0 Å². The fraction of sp³-hybridized carbons (Fsp3) is 0.348. The highest BCUT2D eigenvalue weighted by atomic mass is 32.1. The van der Waals surface area contributed by atoms with Gasteiger partial charge < -0.3 is 15.0 Å². The topological polar surface area (TPSA) is 61.9 Å². The summed E-state index contributed by atoms with van der Waals surface area (Å²) < 4.78 is 5.42. The van der Waals surface area contributed by atoms with Crippen LogP contribution in [0.5, 0.6) is 5.75 Å². The number of likely N-dealkylation sites (N-methyl/N-ethyl adjacent to an activating group) is 1. The molecule has 0 aliphatic carbocycles. The zero-order valence-electron chi connectivity index (χ0n) is 17.3. The fourth-order valence-corrected chi connectivity index (χ4v) is 3.96. The number of hydrogen-bond donors (Lipinski definition) is 1. The first-order valence-electron chi connectivity index (χ1n) is 10.2. The zero-order valence-corrected chi connectivity index (χ0v) is 18.2. The minimum absolute atomic E-state index is 0.0531. The average Bonchev–Trinajstić information content (AvgIpc) is 2.97. The lowest BCUT2D eigenvalue weighted by Gasteiger charge is -2.23. The minimum Gasteiger partial charge on any atom is -0.494 e. The number of thiocarbonyl (C=S) groups is 1. The van der Waals surface area contributed by atoms with Gasteiger partial charge >= 0.3 is 0 Å². The maximum atomic E-state index is 12.9. The van der Waals surface area contributed by atoms with Crippen LogP contribution in [0, 0.1) is 0 Å².